The molecule has 1 rings (SSSR count). The molecule has 13 heavy (non-hydrogen) atoms. The summed E-state index contributed by atoms with van der Waals surface area (Å²) in [6, 6.07) is 0. The van der Waals surface area contributed by atoms with E-state index in [1.807, 2.05) is 0 Å². The predicted molar refractivity (Wildman–Crippen MR) is 48.3 cm³/mol. The third kappa shape index (κ3) is 3.20. The maximum atomic E-state index is 11.0. The minimum absolute atomic E-state index is 0.0999. The summed E-state index contributed by atoms with van der Waals surface area (Å²) in [5, 5.41) is 7.91. The lowest BCUT2D eigenvalue weighted by Crippen LogP contribution is -2.50. The zero-order chi connectivity index (χ0) is 9.90. The zero-order valence-electron chi connectivity index (χ0n) is 7.56. The molecular weight excluding hydrogens is 194 g/mol. The highest BCUT2D eigenvalue weighted by atomic mass is 32.2. The molecule has 6 nitrogen and oxygen atoms in total. The van der Waals surface area contributed by atoms with Gasteiger partial charge in [-0.25, -0.2) is 5.14 Å². The van der Waals surface area contributed by atoms with Gasteiger partial charge in [-0.1, -0.05) is 0 Å². The van der Waals surface area contributed by atoms with Crippen molar-refractivity contribution in [2.75, 3.05) is 33.3 Å². The average Bonchev–Trinajstić information content (AvgIpc) is 2.04. The van der Waals surface area contributed by atoms with Gasteiger partial charge in [-0.2, -0.15) is 12.7 Å². The van der Waals surface area contributed by atoms with Gasteiger partial charge in [-0.3, -0.25) is 0 Å². The lowest BCUT2D eigenvalue weighted by atomic mass is 10.3. The summed E-state index contributed by atoms with van der Waals surface area (Å²) in [7, 11) is -1.76. The Bertz CT molecular complexity index is 252. The van der Waals surface area contributed by atoms with Gasteiger partial charge in [0.25, 0.3) is 10.2 Å². The molecule has 1 aliphatic rings. The molecule has 0 bridgehead atoms. The van der Waals surface area contributed by atoms with Crippen molar-refractivity contribution in [2.24, 2.45) is 5.14 Å². The van der Waals surface area contributed by atoms with Gasteiger partial charge < -0.3 is 10.1 Å². The Morgan fingerprint density at radius 2 is 2.38 bits per heavy atom. The van der Waals surface area contributed by atoms with E-state index in [1.165, 1.54) is 4.31 Å². The summed E-state index contributed by atoms with van der Waals surface area (Å²) in [5.74, 6) is 0. The highest BCUT2D eigenvalue weighted by molar-refractivity contribution is 7.86. The Morgan fingerprint density at radius 3 is 2.92 bits per heavy atom. The first-order valence-electron chi connectivity index (χ1n) is 4.08. The molecule has 0 aromatic heterocycles. The van der Waals surface area contributed by atoms with Crippen LogP contribution in [-0.4, -0.2) is 52.1 Å². The van der Waals surface area contributed by atoms with E-state index in [0.29, 0.717) is 26.2 Å². The van der Waals surface area contributed by atoms with Crippen LogP contribution < -0.4 is 10.5 Å². The van der Waals surface area contributed by atoms with E-state index in [0.717, 1.165) is 0 Å². The molecule has 0 aromatic carbocycles. The number of nitrogens with one attached hydrogen (secondary N) is 1. The average molecular weight is 209 g/mol. The standard InChI is InChI=1S/C6H15N3O3S/c1-8-4-6-5-9(2-3-12-6)13(7,10)11/h6,8H,2-5H2,1H3,(H2,7,10,11). The van der Waals surface area contributed by atoms with Crippen LogP contribution in [0.3, 0.4) is 0 Å². The number of ether oxygens (including phenoxy) is 1. The molecule has 0 spiro atoms. The van der Waals surface area contributed by atoms with E-state index in [1.54, 1.807) is 7.05 Å². The molecule has 0 amide bonds. The van der Waals surface area contributed by atoms with E-state index in [2.05, 4.69) is 5.32 Å². The first kappa shape index (κ1) is 10.9. The summed E-state index contributed by atoms with van der Waals surface area (Å²) in [6.07, 6.45) is -0.0999. The van der Waals surface area contributed by atoms with Crippen molar-refractivity contribution in [3.05, 3.63) is 0 Å². The largest absolute Gasteiger partial charge is 0.374 e. The number of nitrogens with zero attached hydrogens (tertiary/aromatic N) is 1. The Hall–Kier alpha value is -0.210. The molecule has 78 valence electrons. The summed E-state index contributed by atoms with van der Waals surface area (Å²) >= 11 is 0. The van der Waals surface area contributed by atoms with Gasteiger partial charge >= 0.3 is 0 Å². The van der Waals surface area contributed by atoms with Crippen molar-refractivity contribution in [1.82, 2.24) is 9.62 Å². The zero-order valence-corrected chi connectivity index (χ0v) is 8.38. The monoisotopic (exact) mass is 209 g/mol. The second-order valence-electron chi connectivity index (χ2n) is 2.95. The number of hydrogen-bond donors (Lipinski definition) is 2. The minimum atomic E-state index is -3.55. The number of nitrogens with two attached hydrogens (primary N) is 1. The molecule has 1 atom stereocenters. The van der Waals surface area contributed by atoms with Crippen molar-refractivity contribution in [3.8, 4) is 0 Å². The first-order valence-corrected chi connectivity index (χ1v) is 5.58. The van der Waals surface area contributed by atoms with Crippen LogP contribution in [0.5, 0.6) is 0 Å². The van der Waals surface area contributed by atoms with E-state index in [9.17, 15) is 8.42 Å². The second kappa shape index (κ2) is 4.34. The van der Waals surface area contributed by atoms with Crippen LogP contribution >= 0.6 is 0 Å². The van der Waals surface area contributed by atoms with E-state index in [4.69, 9.17) is 9.88 Å². The summed E-state index contributed by atoms with van der Waals surface area (Å²) < 4.78 is 28.5. The smallest absolute Gasteiger partial charge is 0.277 e. The van der Waals surface area contributed by atoms with Gasteiger partial charge in [0.05, 0.1) is 12.7 Å². The fourth-order valence-corrected chi connectivity index (χ4v) is 1.98. The van der Waals surface area contributed by atoms with Crippen molar-refractivity contribution in [3.63, 3.8) is 0 Å². The molecule has 1 heterocycles. The van der Waals surface area contributed by atoms with E-state index < -0.39 is 10.2 Å². The van der Waals surface area contributed by atoms with Crippen LogP contribution in [-0.2, 0) is 14.9 Å². The lowest BCUT2D eigenvalue weighted by molar-refractivity contribution is 0.000828. The van der Waals surface area contributed by atoms with Gasteiger partial charge in [-0.05, 0) is 7.05 Å². The molecule has 1 unspecified atom stereocenters. The van der Waals surface area contributed by atoms with Gasteiger partial charge in [0.1, 0.15) is 0 Å². The minimum Gasteiger partial charge on any atom is -0.374 e. The molecule has 1 fully saturated rings. The normalized spacial score (nSPS) is 26.2. The number of morpholine rings is 1. The Morgan fingerprint density at radius 1 is 1.69 bits per heavy atom. The Labute approximate surface area is 78.2 Å². The molecule has 1 saturated heterocycles. The van der Waals surface area contributed by atoms with Crippen molar-refractivity contribution in [2.45, 2.75) is 6.10 Å². The van der Waals surface area contributed by atoms with Gasteiger partial charge in [-0.15, -0.1) is 0 Å². The molecule has 0 saturated carbocycles. The molecule has 0 aliphatic carbocycles. The maximum absolute atomic E-state index is 11.0. The number of rotatable bonds is 3. The molecular formula is C6H15N3O3S. The number of likely N-dealkylation sites (N-methyl/N-ethyl adjacent to an activating group) is 1. The summed E-state index contributed by atoms with van der Waals surface area (Å²) in [6.45, 7) is 1.72. The van der Waals surface area contributed by atoms with Crippen LogP contribution in [0.25, 0.3) is 0 Å². The third-order valence-corrected chi connectivity index (χ3v) is 2.94. The molecule has 1 aliphatic heterocycles. The SMILES string of the molecule is CNCC1CN(S(N)(=O)=O)CCO1. The van der Waals surface area contributed by atoms with Crippen LogP contribution in [0.15, 0.2) is 0 Å². The third-order valence-electron chi connectivity index (χ3n) is 1.89. The topological polar surface area (TPSA) is 84.7 Å². The number of hydrogen-bond acceptors (Lipinski definition) is 4. The first-order chi connectivity index (χ1) is 6.04. The van der Waals surface area contributed by atoms with E-state index in [-0.39, 0.29) is 6.10 Å². The maximum Gasteiger partial charge on any atom is 0.277 e. The van der Waals surface area contributed by atoms with Gasteiger partial charge in [0.2, 0.25) is 0 Å². The van der Waals surface area contributed by atoms with Gasteiger partial charge in [0.15, 0.2) is 0 Å². The summed E-state index contributed by atoms with van der Waals surface area (Å²) in [4.78, 5) is 0. The molecule has 7 heteroatoms. The van der Waals surface area contributed by atoms with Gasteiger partial charge in [0, 0.05) is 19.6 Å². The van der Waals surface area contributed by atoms with Crippen molar-refractivity contribution in [1.29, 1.82) is 0 Å². The van der Waals surface area contributed by atoms with Crippen molar-refractivity contribution < 1.29 is 13.2 Å². The Kier molecular flexibility index (Phi) is 3.63. The molecule has 0 radical (unpaired) electrons. The van der Waals surface area contributed by atoms with Crippen LogP contribution in [0.4, 0.5) is 0 Å². The Balaban J connectivity index is 2.52. The van der Waals surface area contributed by atoms with Crippen molar-refractivity contribution >= 4 is 10.2 Å². The lowest BCUT2D eigenvalue weighted by Gasteiger charge is -2.30. The fourth-order valence-electron chi connectivity index (χ4n) is 1.27. The molecule has 3 N–H and O–H groups in total. The highest BCUT2D eigenvalue weighted by Crippen LogP contribution is 2.06. The van der Waals surface area contributed by atoms with Crippen LogP contribution in [0.1, 0.15) is 0 Å². The molecule has 0 aromatic rings. The fraction of sp³-hybridized carbons (Fsp3) is 1.00. The van der Waals surface area contributed by atoms with E-state index >= 15 is 0 Å². The quantitative estimate of drug-likeness (QED) is 0.569. The summed E-state index contributed by atoms with van der Waals surface area (Å²) in [5.41, 5.74) is 0. The second-order valence-corrected chi connectivity index (χ2v) is 4.50. The van der Waals surface area contributed by atoms with Crippen LogP contribution in [0, 0.1) is 0 Å². The highest BCUT2D eigenvalue weighted by Gasteiger charge is 2.26. The predicted octanol–water partition coefficient (Wildman–Crippen LogP) is -1.89. The van der Waals surface area contributed by atoms with Crippen LogP contribution in [0.2, 0.25) is 0 Å².